The number of carbonyl (C=O) groups is 2. The molecule has 0 saturated carbocycles. The molecule has 3 aromatic rings. The number of halogens is 2. The lowest BCUT2D eigenvalue weighted by Gasteiger charge is -2.06. The first-order valence-corrected chi connectivity index (χ1v) is 10.4. The van der Waals surface area contributed by atoms with E-state index in [9.17, 15) is 24.1 Å². The first-order chi connectivity index (χ1) is 16.1. The minimum absolute atomic E-state index is 0.334. The SMILES string of the molecule is Cc1ccc(Cn2nc(C)c(/C=C/C(=O)OCC(=O)Nc3cc([N+](=O)[O-])ccc3F)c2Cl)cc1. The van der Waals surface area contributed by atoms with E-state index in [2.05, 4.69) is 10.4 Å². The number of carbonyl (C=O) groups excluding carboxylic acids is 2. The molecule has 0 radical (unpaired) electrons. The van der Waals surface area contributed by atoms with Crippen LogP contribution < -0.4 is 5.32 Å². The molecule has 1 amide bonds. The summed E-state index contributed by atoms with van der Waals surface area (Å²) in [6, 6.07) is 10.6. The maximum absolute atomic E-state index is 13.8. The number of nitrogens with one attached hydrogen (secondary N) is 1. The molecule has 1 heterocycles. The van der Waals surface area contributed by atoms with Crippen molar-refractivity contribution in [3.63, 3.8) is 0 Å². The predicted molar refractivity (Wildman–Crippen MR) is 124 cm³/mol. The van der Waals surface area contributed by atoms with Gasteiger partial charge < -0.3 is 10.1 Å². The molecule has 0 spiro atoms. The van der Waals surface area contributed by atoms with E-state index >= 15 is 0 Å². The molecule has 11 heteroatoms. The van der Waals surface area contributed by atoms with Gasteiger partial charge in [-0.3, -0.25) is 14.9 Å². The third kappa shape index (κ3) is 6.26. The molecular weight excluding hydrogens is 467 g/mol. The van der Waals surface area contributed by atoms with Crippen molar-refractivity contribution in [2.45, 2.75) is 20.4 Å². The molecule has 176 valence electrons. The molecule has 0 bridgehead atoms. The number of nitro groups is 1. The van der Waals surface area contributed by atoms with Crippen molar-refractivity contribution < 1.29 is 23.6 Å². The molecule has 3 rings (SSSR count). The number of nitro benzene ring substituents is 1. The van der Waals surface area contributed by atoms with Crippen molar-refractivity contribution in [1.82, 2.24) is 9.78 Å². The fourth-order valence-electron chi connectivity index (χ4n) is 2.97. The summed E-state index contributed by atoms with van der Waals surface area (Å²) in [4.78, 5) is 34.0. The van der Waals surface area contributed by atoms with E-state index in [0.29, 0.717) is 23.0 Å². The Morgan fingerprint density at radius 3 is 2.62 bits per heavy atom. The van der Waals surface area contributed by atoms with Gasteiger partial charge in [0, 0.05) is 23.8 Å². The molecule has 0 unspecified atom stereocenters. The molecular formula is C23H20ClFN4O5. The van der Waals surface area contributed by atoms with Crippen molar-refractivity contribution in [2.24, 2.45) is 0 Å². The van der Waals surface area contributed by atoms with Crippen LogP contribution in [0.15, 0.2) is 48.5 Å². The maximum Gasteiger partial charge on any atom is 0.331 e. The van der Waals surface area contributed by atoms with Gasteiger partial charge in [-0.05, 0) is 31.6 Å². The second kappa shape index (κ2) is 10.7. The third-order valence-electron chi connectivity index (χ3n) is 4.73. The van der Waals surface area contributed by atoms with Crippen LogP contribution in [-0.4, -0.2) is 33.2 Å². The van der Waals surface area contributed by atoms with E-state index in [1.165, 1.54) is 6.08 Å². The number of esters is 1. The summed E-state index contributed by atoms with van der Waals surface area (Å²) in [5, 5.41) is 17.6. The Morgan fingerprint density at radius 1 is 1.24 bits per heavy atom. The Hall–Kier alpha value is -4.05. The summed E-state index contributed by atoms with van der Waals surface area (Å²) in [6.07, 6.45) is 2.52. The lowest BCUT2D eigenvalue weighted by Crippen LogP contribution is -2.20. The summed E-state index contributed by atoms with van der Waals surface area (Å²) < 4.78 is 20.2. The van der Waals surface area contributed by atoms with E-state index in [4.69, 9.17) is 16.3 Å². The normalized spacial score (nSPS) is 10.9. The Balaban J connectivity index is 1.58. The average Bonchev–Trinajstić information content (AvgIpc) is 3.06. The van der Waals surface area contributed by atoms with Gasteiger partial charge in [0.05, 0.1) is 22.8 Å². The number of hydrogen-bond acceptors (Lipinski definition) is 6. The number of hydrogen-bond donors (Lipinski definition) is 1. The summed E-state index contributed by atoms with van der Waals surface area (Å²) >= 11 is 6.41. The predicted octanol–water partition coefficient (Wildman–Crippen LogP) is 4.44. The third-order valence-corrected chi connectivity index (χ3v) is 5.13. The van der Waals surface area contributed by atoms with Crippen LogP contribution in [-0.2, 0) is 20.9 Å². The highest BCUT2D eigenvalue weighted by molar-refractivity contribution is 6.31. The number of nitrogens with zero attached hydrogens (tertiary/aromatic N) is 3. The number of anilines is 1. The van der Waals surface area contributed by atoms with Crippen LogP contribution in [0, 0.1) is 29.8 Å². The summed E-state index contributed by atoms with van der Waals surface area (Å²) in [7, 11) is 0. The van der Waals surface area contributed by atoms with Crippen LogP contribution >= 0.6 is 11.6 Å². The van der Waals surface area contributed by atoms with Gasteiger partial charge in [0.25, 0.3) is 11.6 Å². The lowest BCUT2D eigenvalue weighted by atomic mass is 10.1. The van der Waals surface area contributed by atoms with Gasteiger partial charge in [0.2, 0.25) is 0 Å². The highest BCUT2D eigenvalue weighted by Gasteiger charge is 2.15. The quantitative estimate of drug-likeness (QED) is 0.218. The van der Waals surface area contributed by atoms with Gasteiger partial charge in [-0.15, -0.1) is 0 Å². The minimum atomic E-state index is -0.863. The zero-order valence-corrected chi connectivity index (χ0v) is 19.0. The average molecular weight is 487 g/mol. The Kier molecular flexibility index (Phi) is 7.75. The van der Waals surface area contributed by atoms with Crippen molar-refractivity contribution >= 4 is 40.9 Å². The van der Waals surface area contributed by atoms with Crippen molar-refractivity contribution in [1.29, 1.82) is 0 Å². The number of aromatic nitrogens is 2. The highest BCUT2D eigenvalue weighted by atomic mass is 35.5. The molecule has 1 aromatic heterocycles. The van der Waals surface area contributed by atoms with E-state index in [1.807, 2.05) is 31.2 Å². The summed E-state index contributed by atoms with van der Waals surface area (Å²) in [5.41, 5.74) is 2.48. The summed E-state index contributed by atoms with van der Waals surface area (Å²) in [6.45, 7) is 3.47. The van der Waals surface area contributed by atoms with Crippen molar-refractivity contribution in [3.8, 4) is 0 Å². The first-order valence-electron chi connectivity index (χ1n) is 10.0. The smallest absolute Gasteiger partial charge is 0.331 e. The van der Waals surface area contributed by atoms with Gasteiger partial charge in [-0.2, -0.15) is 5.10 Å². The van der Waals surface area contributed by atoms with Crippen LogP contribution in [0.25, 0.3) is 6.08 Å². The number of amides is 1. The topological polar surface area (TPSA) is 116 Å². The standard InChI is InChI=1S/C23H20ClFN4O5/c1-14-3-5-16(6-4-14)12-28-23(24)18(15(2)27-28)8-10-22(31)34-13-21(30)26-20-11-17(29(32)33)7-9-19(20)25/h3-11H,12-13H2,1-2H3,(H,26,30)/b10-8+. The number of benzene rings is 2. The number of aryl methyl sites for hydroxylation is 2. The van der Waals surface area contributed by atoms with Gasteiger partial charge in [-0.25, -0.2) is 13.9 Å². The highest BCUT2D eigenvalue weighted by Crippen LogP contribution is 2.23. The zero-order chi connectivity index (χ0) is 24.8. The van der Waals surface area contributed by atoms with Crippen LogP contribution in [0.1, 0.15) is 22.4 Å². The molecule has 0 saturated heterocycles. The van der Waals surface area contributed by atoms with Gasteiger partial charge in [0.1, 0.15) is 11.0 Å². The second-order valence-corrected chi connectivity index (χ2v) is 7.70. The fourth-order valence-corrected chi connectivity index (χ4v) is 3.27. The molecule has 1 N–H and O–H groups in total. The Morgan fingerprint density at radius 2 is 1.94 bits per heavy atom. The maximum atomic E-state index is 13.8. The van der Waals surface area contributed by atoms with Crippen molar-refractivity contribution in [2.75, 3.05) is 11.9 Å². The Bertz CT molecular complexity index is 1270. The molecule has 0 fully saturated rings. The molecule has 2 aromatic carbocycles. The molecule has 0 atom stereocenters. The number of non-ortho nitro benzene ring substituents is 1. The minimum Gasteiger partial charge on any atom is -0.452 e. The fraction of sp³-hybridized carbons (Fsp3) is 0.174. The first kappa shape index (κ1) is 24.6. The lowest BCUT2D eigenvalue weighted by molar-refractivity contribution is -0.384. The van der Waals surface area contributed by atoms with Crippen LogP contribution in [0.5, 0.6) is 0 Å². The monoisotopic (exact) mass is 486 g/mol. The van der Waals surface area contributed by atoms with E-state index in [1.54, 1.807) is 11.6 Å². The number of rotatable bonds is 8. The zero-order valence-electron chi connectivity index (χ0n) is 18.2. The van der Waals surface area contributed by atoms with E-state index < -0.39 is 40.6 Å². The van der Waals surface area contributed by atoms with E-state index in [0.717, 1.165) is 35.4 Å². The van der Waals surface area contributed by atoms with Crippen LogP contribution in [0.2, 0.25) is 5.15 Å². The van der Waals surface area contributed by atoms with E-state index in [-0.39, 0.29) is 0 Å². The second-order valence-electron chi connectivity index (χ2n) is 7.34. The van der Waals surface area contributed by atoms with Crippen LogP contribution in [0.4, 0.5) is 15.8 Å². The molecule has 0 aliphatic heterocycles. The molecule has 0 aliphatic carbocycles. The molecule has 0 aliphatic rings. The van der Waals surface area contributed by atoms with Crippen LogP contribution in [0.3, 0.4) is 0 Å². The number of ether oxygens (including phenoxy) is 1. The molecule has 34 heavy (non-hydrogen) atoms. The summed E-state index contributed by atoms with van der Waals surface area (Å²) in [5.74, 6) is -2.56. The Labute approximate surface area is 198 Å². The van der Waals surface area contributed by atoms with Gasteiger partial charge in [0.15, 0.2) is 6.61 Å². The van der Waals surface area contributed by atoms with Crippen molar-refractivity contribution in [3.05, 3.63) is 92.0 Å². The largest absolute Gasteiger partial charge is 0.452 e. The van der Waals surface area contributed by atoms with Gasteiger partial charge in [-0.1, -0.05) is 41.4 Å². The van der Waals surface area contributed by atoms with Gasteiger partial charge >= 0.3 is 5.97 Å². The molecule has 9 nitrogen and oxygen atoms in total.